The lowest BCUT2D eigenvalue weighted by Crippen LogP contribution is -2.46. The summed E-state index contributed by atoms with van der Waals surface area (Å²) in [4.78, 5) is 11.7. The molecule has 138 valence electrons. The second-order valence-electron chi connectivity index (χ2n) is 7.09. The highest BCUT2D eigenvalue weighted by Gasteiger charge is 2.20. The van der Waals surface area contributed by atoms with Gasteiger partial charge in [0, 0.05) is 75.7 Å². The predicted molar refractivity (Wildman–Crippen MR) is 117 cm³/mol. The second-order valence-corrected chi connectivity index (χ2v) is 8.17. The molecule has 2 aromatic carbocycles. The van der Waals surface area contributed by atoms with Gasteiger partial charge in [0.05, 0.1) is 0 Å². The van der Waals surface area contributed by atoms with Crippen LogP contribution in [0.2, 0.25) is 0 Å². The predicted octanol–water partition coefficient (Wildman–Crippen LogP) is 4.72. The van der Waals surface area contributed by atoms with Crippen molar-refractivity contribution in [3.8, 4) is 0 Å². The zero-order valence-corrected chi connectivity index (χ0v) is 17.0. The lowest BCUT2D eigenvalue weighted by atomic mass is 10.1. The highest BCUT2D eigenvalue weighted by molar-refractivity contribution is 14.1. The maximum atomic E-state index is 13.5. The first kappa shape index (κ1) is 17.1. The number of fused-ring (bicyclic) bond motifs is 2. The average Bonchev–Trinajstić information content (AvgIpc) is 3.28. The molecule has 6 heteroatoms. The van der Waals surface area contributed by atoms with Gasteiger partial charge in [-0.2, -0.15) is 0 Å². The number of benzene rings is 2. The number of rotatable bonds is 3. The molecule has 0 aliphatic carbocycles. The van der Waals surface area contributed by atoms with Crippen molar-refractivity contribution in [3.63, 3.8) is 0 Å². The highest BCUT2D eigenvalue weighted by atomic mass is 127. The number of anilines is 1. The number of aromatic nitrogens is 2. The van der Waals surface area contributed by atoms with Gasteiger partial charge in [-0.1, -0.05) is 6.07 Å². The zero-order valence-electron chi connectivity index (χ0n) is 14.8. The zero-order chi connectivity index (χ0) is 18.4. The van der Waals surface area contributed by atoms with Crippen molar-refractivity contribution in [3.05, 3.63) is 63.7 Å². The van der Waals surface area contributed by atoms with Gasteiger partial charge in [-0.3, -0.25) is 4.90 Å². The van der Waals surface area contributed by atoms with Crippen LogP contribution in [0.25, 0.3) is 21.8 Å². The minimum absolute atomic E-state index is 0.182. The van der Waals surface area contributed by atoms with Gasteiger partial charge in [0.2, 0.25) is 0 Å². The Balaban J connectivity index is 1.31. The van der Waals surface area contributed by atoms with E-state index in [2.05, 4.69) is 66.6 Å². The Labute approximate surface area is 170 Å². The monoisotopic (exact) mass is 474 g/mol. The van der Waals surface area contributed by atoms with E-state index >= 15 is 0 Å². The molecule has 0 unspecified atom stereocenters. The third-order valence-corrected chi connectivity index (χ3v) is 6.67. The Bertz CT molecular complexity index is 1110. The second kappa shape index (κ2) is 6.83. The SMILES string of the molecule is Fc1ccc2[nH]c(CN3CCN(c4cccc5[nH]ccc45)CC3)c(I)c2c1. The van der Waals surface area contributed by atoms with Crippen LogP contribution in [0.1, 0.15) is 5.69 Å². The number of aromatic amines is 2. The molecule has 1 aliphatic rings. The normalized spacial score (nSPS) is 15.9. The Kier molecular flexibility index (Phi) is 4.32. The topological polar surface area (TPSA) is 38.1 Å². The third kappa shape index (κ3) is 3.10. The Morgan fingerprint density at radius 2 is 1.81 bits per heavy atom. The summed E-state index contributed by atoms with van der Waals surface area (Å²) in [6, 6.07) is 13.6. The van der Waals surface area contributed by atoms with Crippen molar-refractivity contribution in [2.24, 2.45) is 0 Å². The third-order valence-electron chi connectivity index (χ3n) is 5.44. The lowest BCUT2D eigenvalue weighted by Gasteiger charge is -2.36. The molecule has 1 aliphatic heterocycles. The highest BCUT2D eigenvalue weighted by Crippen LogP contribution is 2.29. The molecule has 0 atom stereocenters. The van der Waals surface area contributed by atoms with Crippen LogP contribution < -0.4 is 4.90 Å². The van der Waals surface area contributed by atoms with E-state index in [4.69, 9.17) is 0 Å². The van der Waals surface area contributed by atoms with E-state index < -0.39 is 0 Å². The van der Waals surface area contributed by atoms with Gasteiger partial charge in [0.15, 0.2) is 0 Å². The summed E-state index contributed by atoms with van der Waals surface area (Å²) in [6.45, 7) is 4.92. The molecule has 5 rings (SSSR count). The molecule has 0 bridgehead atoms. The number of hydrogen-bond donors (Lipinski definition) is 2. The van der Waals surface area contributed by atoms with Crippen molar-refractivity contribution in [2.45, 2.75) is 6.54 Å². The van der Waals surface area contributed by atoms with Crippen molar-refractivity contribution in [1.29, 1.82) is 0 Å². The first-order chi connectivity index (χ1) is 13.2. The van der Waals surface area contributed by atoms with E-state index in [-0.39, 0.29) is 5.82 Å². The Morgan fingerprint density at radius 3 is 2.67 bits per heavy atom. The summed E-state index contributed by atoms with van der Waals surface area (Å²) in [5, 5.41) is 2.27. The van der Waals surface area contributed by atoms with Gasteiger partial charge in [0.1, 0.15) is 5.82 Å². The van der Waals surface area contributed by atoms with Gasteiger partial charge in [-0.25, -0.2) is 4.39 Å². The molecule has 4 aromatic rings. The molecular formula is C21H20FIN4. The van der Waals surface area contributed by atoms with E-state index in [1.54, 1.807) is 6.07 Å². The first-order valence-corrected chi connectivity index (χ1v) is 10.3. The van der Waals surface area contributed by atoms with Crippen LogP contribution in [-0.4, -0.2) is 41.0 Å². The molecule has 1 saturated heterocycles. The molecule has 4 nitrogen and oxygen atoms in total. The fourth-order valence-corrected chi connectivity index (χ4v) is 4.76. The number of hydrogen-bond acceptors (Lipinski definition) is 2. The molecule has 27 heavy (non-hydrogen) atoms. The number of nitrogens with zero attached hydrogens (tertiary/aromatic N) is 2. The molecule has 2 aromatic heterocycles. The minimum atomic E-state index is -0.182. The van der Waals surface area contributed by atoms with Crippen molar-refractivity contribution >= 4 is 50.1 Å². The van der Waals surface area contributed by atoms with Gasteiger partial charge in [0.25, 0.3) is 0 Å². The molecule has 0 saturated carbocycles. The molecule has 1 fully saturated rings. The molecule has 3 heterocycles. The Hall–Kier alpha value is -2.06. The Morgan fingerprint density at radius 1 is 0.963 bits per heavy atom. The number of nitrogens with one attached hydrogen (secondary N) is 2. The standard InChI is InChI=1S/C21H20FIN4/c22-14-4-5-18-16(12-14)21(23)19(25-18)13-26-8-10-27(11-9-26)20-3-1-2-17-15(20)6-7-24-17/h1-7,12,24-25H,8-11,13H2. The summed E-state index contributed by atoms with van der Waals surface area (Å²) < 4.78 is 14.7. The van der Waals surface area contributed by atoms with E-state index in [0.29, 0.717) is 0 Å². The lowest BCUT2D eigenvalue weighted by molar-refractivity contribution is 0.247. The fourth-order valence-electron chi connectivity index (χ4n) is 4.01. The van der Waals surface area contributed by atoms with E-state index in [9.17, 15) is 4.39 Å². The average molecular weight is 474 g/mol. The van der Waals surface area contributed by atoms with Crippen molar-refractivity contribution in [1.82, 2.24) is 14.9 Å². The number of H-pyrrole nitrogens is 2. The first-order valence-electron chi connectivity index (χ1n) is 9.18. The van der Waals surface area contributed by atoms with E-state index in [0.717, 1.165) is 47.2 Å². The summed E-state index contributed by atoms with van der Waals surface area (Å²) in [7, 11) is 0. The van der Waals surface area contributed by atoms with Crippen molar-refractivity contribution in [2.75, 3.05) is 31.1 Å². The molecule has 2 N–H and O–H groups in total. The van der Waals surface area contributed by atoms with Crippen LogP contribution >= 0.6 is 22.6 Å². The quantitative estimate of drug-likeness (QED) is 0.422. The van der Waals surface area contributed by atoms with Crippen LogP contribution in [0.15, 0.2) is 48.7 Å². The maximum Gasteiger partial charge on any atom is 0.123 e. The van der Waals surface area contributed by atoms with Crippen LogP contribution in [0.4, 0.5) is 10.1 Å². The van der Waals surface area contributed by atoms with E-state index in [1.165, 1.54) is 28.4 Å². The minimum Gasteiger partial charge on any atom is -0.368 e. The number of halogens is 2. The van der Waals surface area contributed by atoms with Gasteiger partial charge >= 0.3 is 0 Å². The molecular weight excluding hydrogens is 454 g/mol. The van der Waals surface area contributed by atoms with Crippen LogP contribution in [-0.2, 0) is 6.54 Å². The summed E-state index contributed by atoms with van der Waals surface area (Å²) in [5.41, 5.74) is 4.69. The van der Waals surface area contributed by atoms with E-state index in [1.807, 2.05) is 12.3 Å². The molecule has 0 radical (unpaired) electrons. The van der Waals surface area contributed by atoms with Crippen LogP contribution in [0.5, 0.6) is 0 Å². The molecule has 0 amide bonds. The van der Waals surface area contributed by atoms with Crippen molar-refractivity contribution < 1.29 is 4.39 Å². The van der Waals surface area contributed by atoms with Crippen LogP contribution in [0.3, 0.4) is 0 Å². The smallest absolute Gasteiger partial charge is 0.123 e. The number of piperazine rings is 1. The largest absolute Gasteiger partial charge is 0.368 e. The maximum absolute atomic E-state index is 13.5. The van der Waals surface area contributed by atoms with Crippen LogP contribution in [0, 0.1) is 9.39 Å². The van der Waals surface area contributed by atoms with Gasteiger partial charge in [-0.05, 0) is 59.0 Å². The summed E-state index contributed by atoms with van der Waals surface area (Å²) in [6.07, 6.45) is 2.01. The molecule has 0 spiro atoms. The summed E-state index contributed by atoms with van der Waals surface area (Å²) in [5.74, 6) is -0.182. The van der Waals surface area contributed by atoms with Gasteiger partial charge in [-0.15, -0.1) is 0 Å². The summed E-state index contributed by atoms with van der Waals surface area (Å²) >= 11 is 2.33. The fraction of sp³-hybridized carbons (Fsp3) is 0.238. The van der Waals surface area contributed by atoms with Gasteiger partial charge < -0.3 is 14.9 Å².